The van der Waals surface area contributed by atoms with Crippen molar-refractivity contribution in [2.45, 2.75) is 38.3 Å². The molecule has 94 valence electrons. The van der Waals surface area contributed by atoms with Crippen molar-refractivity contribution in [3.05, 3.63) is 35.6 Å². The Balaban J connectivity index is 1.76. The Labute approximate surface area is 102 Å². The molecule has 1 aliphatic heterocycles. The Morgan fingerprint density at radius 2 is 2.29 bits per heavy atom. The number of ether oxygens (including phenoxy) is 1. The molecule has 0 saturated carbocycles. The minimum Gasteiger partial charge on any atom is -0.377 e. The molecule has 0 spiro atoms. The predicted molar refractivity (Wildman–Crippen MR) is 66.5 cm³/mol. The van der Waals surface area contributed by atoms with Crippen LogP contribution in [0.1, 0.15) is 25.3 Å². The lowest BCUT2D eigenvalue weighted by molar-refractivity contribution is 0.108. The van der Waals surface area contributed by atoms with E-state index in [-0.39, 0.29) is 11.9 Å². The smallest absolute Gasteiger partial charge is 0.126 e. The molecular formula is C14H20FNO. The summed E-state index contributed by atoms with van der Waals surface area (Å²) in [6, 6.07) is 7.24. The summed E-state index contributed by atoms with van der Waals surface area (Å²) in [6.07, 6.45) is 3.37. The van der Waals surface area contributed by atoms with Gasteiger partial charge < -0.3 is 10.1 Å². The van der Waals surface area contributed by atoms with E-state index in [4.69, 9.17) is 4.74 Å². The van der Waals surface area contributed by atoms with Crippen molar-refractivity contribution in [1.82, 2.24) is 5.32 Å². The second-order valence-corrected chi connectivity index (χ2v) is 4.74. The van der Waals surface area contributed by atoms with Gasteiger partial charge in [0.05, 0.1) is 6.10 Å². The molecule has 2 rings (SSSR count). The van der Waals surface area contributed by atoms with Crippen LogP contribution in [-0.2, 0) is 11.2 Å². The van der Waals surface area contributed by atoms with Gasteiger partial charge in [0.15, 0.2) is 0 Å². The molecule has 2 atom stereocenters. The summed E-state index contributed by atoms with van der Waals surface area (Å²) in [6.45, 7) is 3.84. The van der Waals surface area contributed by atoms with Crippen LogP contribution in [0.3, 0.4) is 0 Å². The maximum Gasteiger partial charge on any atom is 0.126 e. The van der Waals surface area contributed by atoms with E-state index < -0.39 is 0 Å². The van der Waals surface area contributed by atoms with E-state index in [9.17, 15) is 4.39 Å². The molecule has 1 N–H and O–H groups in total. The molecular weight excluding hydrogens is 217 g/mol. The second-order valence-electron chi connectivity index (χ2n) is 4.74. The van der Waals surface area contributed by atoms with Gasteiger partial charge in [-0.15, -0.1) is 0 Å². The van der Waals surface area contributed by atoms with Crippen LogP contribution in [-0.4, -0.2) is 25.3 Å². The van der Waals surface area contributed by atoms with Crippen LogP contribution in [0.2, 0.25) is 0 Å². The minimum absolute atomic E-state index is 0.113. The van der Waals surface area contributed by atoms with Gasteiger partial charge >= 0.3 is 0 Å². The van der Waals surface area contributed by atoms with Crippen LogP contribution in [0.5, 0.6) is 0 Å². The Morgan fingerprint density at radius 3 is 3.00 bits per heavy atom. The summed E-state index contributed by atoms with van der Waals surface area (Å²) < 4.78 is 19.0. The lowest BCUT2D eigenvalue weighted by Crippen LogP contribution is -2.34. The van der Waals surface area contributed by atoms with E-state index in [2.05, 4.69) is 12.2 Å². The molecule has 1 heterocycles. The van der Waals surface area contributed by atoms with E-state index in [0.717, 1.165) is 38.0 Å². The summed E-state index contributed by atoms with van der Waals surface area (Å²) in [7, 11) is 0. The summed E-state index contributed by atoms with van der Waals surface area (Å²) >= 11 is 0. The van der Waals surface area contributed by atoms with E-state index in [1.165, 1.54) is 6.07 Å². The third-order valence-corrected chi connectivity index (χ3v) is 3.20. The van der Waals surface area contributed by atoms with Crippen molar-refractivity contribution in [2.24, 2.45) is 0 Å². The van der Waals surface area contributed by atoms with E-state index >= 15 is 0 Å². The standard InChI is InChI=1S/C14H20FNO/c1-11(16-10-13-6-4-8-17-13)9-12-5-2-3-7-14(12)15/h2-3,5,7,11,13,16H,4,6,8-10H2,1H3/t11-,13-/m1/s1. The van der Waals surface area contributed by atoms with Gasteiger partial charge in [0.2, 0.25) is 0 Å². The summed E-state index contributed by atoms with van der Waals surface area (Å²) in [5.41, 5.74) is 0.778. The van der Waals surface area contributed by atoms with Crippen LogP contribution in [0.25, 0.3) is 0 Å². The van der Waals surface area contributed by atoms with Gasteiger partial charge in [-0.3, -0.25) is 0 Å². The fourth-order valence-electron chi connectivity index (χ4n) is 2.20. The van der Waals surface area contributed by atoms with Crippen molar-refractivity contribution >= 4 is 0 Å². The highest BCUT2D eigenvalue weighted by Crippen LogP contribution is 2.12. The predicted octanol–water partition coefficient (Wildman–Crippen LogP) is 2.53. The Morgan fingerprint density at radius 1 is 1.47 bits per heavy atom. The van der Waals surface area contributed by atoms with Crippen molar-refractivity contribution in [2.75, 3.05) is 13.2 Å². The number of hydrogen-bond acceptors (Lipinski definition) is 2. The molecule has 0 aromatic heterocycles. The zero-order valence-electron chi connectivity index (χ0n) is 10.3. The van der Waals surface area contributed by atoms with Crippen molar-refractivity contribution in [3.8, 4) is 0 Å². The van der Waals surface area contributed by atoms with Gasteiger partial charge in [-0.1, -0.05) is 18.2 Å². The van der Waals surface area contributed by atoms with Gasteiger partial charge in [0.25, 0.3) is 0 Å². The fourth-order valence-corrected chi connectivity index (χ4v) is 2.20. The van der Waals surface area contributed by atoms with Gasteiger partial charge in [0, 0.05) is 19.2 Å². The number of rotatable bonds is 5. The molecule has 1 aromatic carbocycles. The first kappa shape index (κ1) is 12.5. The molecule has 1 aliphatic rings. The molecule has 0 radical (unpaired) electrons. The number of halogens is 1. The zero-order valence-corrected chi connectivity index (χ0v) is 10.3. The Kier molecular flexibility index (Phi) is 4.51. The summed E-state index contributed by atoms with van der Waals surface area (Å²) in [4.78, 5) is 0. The van der Waals surface area contributed by atoms with E-state index in [0.29, 0.717) is 6.10 Å². The zero-order chi connectivity index (χ0) is 12.1. The quantitative estimate of drug-likeness (QED) is 0.849. The van der Waals surface area contributed by atoms with Crippen LogP contribution in [0.15, 0.2) is 24.3 Å². The lowest BCUT2D eigenvalue weighted by atomic mass is 10.1. The molecule has 2 nitrogen and oxygen atoms in total. The van der Waals surface area contributed by atoms with Crippen LogP contribution in [0, 0.1) is 5.82 Å². The lowest BCUT2D eigenvalue weighted by Gasteiger charge is -2.17. The normalized spacial score (nSPS) is 21.6. The third-order valence-electron chi connectivity index (χ3n) is 3.20. The average molecular weight is 237 g/mol. The van der Waals surface area contributed by atoms with Crippen molar-refractivity contribution in [3.63, 3.8) is 0 Å². The minimum atomic E-state index is -0.113. The Hall–Kier alpha value is -0.930. The van der Waals surface area contributed by atoms with Crippen molar-refractivity contribution < 1.29 is 9.13 Å². The van der Waals surface area contributed by atoms with Gasteiger partial charge in [-0.05, 0) is 37.8 Å². The van der Waals surface area contributed by atoms with Gasteiger partial charge in [0.1, 0.15) is 5.82 Å². The number of hydrogen-bond donors (Lipinski definition) is 1. The molecule has 0 bridgehead atoms. The van der Waals surface area contributed by atoms with Crippen LogP contribution in [0.4, 0.5) is 4.39 Å². The Bertz CT molecular complexity index is 350. The highest BCUT2D eigenvalue weighted by atomic mass is 19.1. The highest BCUT2D eigenvalue weighted by molar-refractivity contribution is 5.18. The average Bonchev–Trinajstić information content (AvgIpc) is 2.82. The molecule has 1 fully saturated rings. The number of nitrogens with one attached hydrogen (secondary N) is 1. The van der Waals surface area contributed by atoms with Crippen LogP contribution >= 0.6 is 0 Å². The molecule has 0 unspecified atom stereocenters. The maximum absolute atomic E-state index is 13.4. The fraction of sp³-hybridized carbons (Fsp3) is 0.571. The number of benzene rings is 1. The first-order valence-corrected chi connectivity index (χ1v) is 6.34. The largest absolute Gasteiger partial charge is 0.377 e. The first-order valence-electron chi connectivity index (χ1n) is 6.34. The van der Waals surface area contributed by atoms with E-state index in [1.807, 2.05) is 12.1 Å². The molecule has 17 heavy (non-hydrogen) atoms. The third kappa shape index (κ3) is 3.79. The molecule has 1 saturated heterocycles. The monoisotopic (exact) mass is 237 g/mol. The van der Waals surface area contributed by atoms with Crippen molar-refractivity contribution in [1.29, 1.82) is 0 Å². The highest BCUT2D eigenvalue weighted by Gasteiger charge is 2.16. The molecule has 1 aromatic rings. The molecule has 0 amide bonds. The summed E-state index contributed by atoms with van der Waals surface area (Å²) in [5, 5.41) is 3.41. The first-order chi connectivity index (χ1) is 8.25. The van der Waals surface area contributed by atoms with E-state index in [1.54, 1.807) is 6.07 Å². The SMILES string of the molecule is C[C@H](Cc1ccccc1F)NC[C@H]1CCCO1. The molecule has 3 heteroatoms. The van der Waals surface area contributed by atoms with Crippen LogP contribution < -0.4 is 5.32 Å². The maximum atomic E-state index is 13.4. The molecule has 0 aliphatic carbocycles. The van der Waals surface area contributed by atoms with Gasteiger partial charge in [-0.25, -0.2) is 4.39 Å². The topological polar surface area (TPSA) is 21.3 Å². The summed E-state index contributed by atoms with van der Waals surface area (Å²) in [5.74, 6) is -0.113. The van der Waals surface area contributed by atoms with Gasteiger partial charge in [-0.2, -0.15) is 0 Å². The second kappa shape index (κ2) is 6.12.